The number of aromatic nitrogens is 6. The zero-order valence-electron chi connectivity index (χ0n) is 21.3. The van der Waals surface area contributed by atoms with Crippen molar-refractivity contribution in [2.24, 2.45) is 0 Å². The number of imidazole rings is 1. The van der Waals surface area contributed by atoms with E-state index in [-0.39, 0.29) is 11.4 Å². The molecule has 1 aliphatic heterocycles. The second-order valence-electron chi connectivity index (χ2n) is 9.62. The highest BCUT2D eigenvalue weighted by atomic mass is 19.1. The molecule has 5 heterocycles. The summed E-state index contributed by atoms with van der Waals surface area (Å²) in [6.07, 6.45) is 6.17. The van der Waals surface area contributed by atoms with Crippen LogP contribution in [0.15, 0.2) is 42.9 Å². The molecule has 1 aliphatic rings. The van der Waals surface area contributed by atoms with E-state index in [2.05, 4.69) is 47.3 Å². The molecule has 0 radical (unpaired) electrons. The van der Waals surface area contributed by atoms with Gasteiger partial charge in [0.25, 0.3) is 0 Å². The maximum atomic E-state index is 15.2. The number of hydrogen-bond donors (Lipinski definition) is 3. The van der Waals surface area contributed by atoms with E-state index in [0.29, 0.717) is 40.1 Å². The van der Waals surface area contributed by atoms with Crippen molar-refractivity contribution in [3.05, 3.63) is 48.7 Å². The van der Waals surface area contributed by atoms with E-state index in [1.165, 1.54) is 6.07 Å². The lowest BCUT2D eigenvalue weighted by Crippen LogP contribution is -2.44. The molecule has 1 aromatic carbocycles. The molecule has 1 amide bonds. The van der Waals surface area contributed by atoms with Gasteiger partial charge >= 0.3 is 0 Å². The van der Waals surface area contributed by atoms with Gasteiger partial charge in [-0.25, -0.2) is 14.4 Å². The van der Waals surface area contributed by atoms with E-state index in [1.807, 2.05) is 19.1 Å². The van der Waals surface area contributed by atoms with Gasteiger partial charge in [0.2, 0.25) is 5.91 Å². The number of fused-ring (bicyclic) bond motifs is 2. The highest BCUT2D eigenvalue weighted by Gasteiger charge is 2.21. The molecule has 11 heteroatoms. The second-order valence-corrected chi connectivity index (χ2v) is 9.62. The van der Waals surface area contributed by atoms with Crippen molar-refractivity contribution in [1.29, 1.82) is 0 Å². The molecule has 0 aliphatic carbocycles. The summed E-state index contributed by atoms with van der Waals surface area (Å²) in [4.78, 5) is 33.7. The Morgan fingerprint density at radius 1 is 1.11 bits per heavy atom. The number of anilines is 2. The Hall–Kier alpha value is -4.38. The first-order valence-corrected chi connectivity index (χ1v) is 12.7. The van der Waals surface area contributed by atoms with Gasteiger partial charge in [0.05, 0.1) is 17.4 Å². The number of carbonyl (C=O) groups is 1. The summed E-state index contributed by atoms with van der Waals surface area (Å²) in [6.45, 7) is 5.61. The van der Waals surface area contributed by atoms with Crippen molar-refractivity contribution in [2.45, 2.75) is 19.8 Å². The molecular weight excluding hydrogens is 485 g/mol. The van der Waals surface area contributed by atoms with Gasteiger partial charge in [-0.15, -0.1) is 0 Å². The largest absolute Gasteiger partial charge is 0.352 e. The van der Waals surface area contributed by atoms with Crippen LogP contribution in [0.3, 0.4) is 0 Å². The Labute approximate surface area is 218 Å². The quantitative estimate of drug-likeness (QED) is 0.311. The molecule has 0 bridgehead atoms. The summed E-state index contributed by atoms with van der Waals surface area (Å²) in [6, 6.07) is 6.96. The molecule has 0 atom stereocenters. The van der Waals surface area contributed by atoms with Gasteiger partial charge in [0, 0.05) is 55.9 Å². The molecule has 1 saturated heterocycles. The minimum Gasteiger partial charge on any atom is -0.352 e. The number of amides is 1. The summed E-state index contributed by atoms with van der Waals surface area (Å²) in [5.41, 5.74) is 4.29. The Balaban J connectivity index is 1.39. The Bertz CT molecular complexity index is 1630. The fourth-order valence-electron chi connectivity index (χ4n) is 4.83. The van der Waals surface area contributed by atoms with E-state index in [1.54, 1.807) is 24.7 Å². The molecule has 1 fully saturated rings. The lowest BCUT2D eigenvalue weighted by atomic mass is 10.0. The number of nitrogens with one attached hydrogen (secondary N) is 3. The van der Waals surface area contributed by atoms with Gasteiger partial charge in [0.15, 0.2) is 17.5 Å². The molecule has 6 rings (SSSR count). The summed E-state index contributed by atoms with van der Waals surface area (Å²) < 4.78 is 15.2. The van der Waals surface area contributed by atoms with Gasteiger partial charge in [0.1, 0.15) is 16.7 Å². The van der Waals surface area contributed by atoms with E-state index >= 15 is 4.39 Å². The topological polar surface area (TPSA) is 119 Å². The zero-order chi connectivity index (χ0) is 26.2. The minimum absolute atomic E-state index is 0.0829. The number of hydrogen-bond acceptors (Lipinski definition) is 7. The molecular formula is C27H28FN9O. The third-order valence-corrected chi connectivity index (χ3v) is 6.87. The third-order valence-electron chi connectivity index (χ3n) is 6.87. The average molecular weight is 514 g/mol. The SMILES string of the molecule is CCCC(=O)Nc1cncc(-c2cc(F)c3n[nH]c(-c4nc5c(N6CCN(C)CC6)nccc5[nH]4)c3c2)c1. The molecule has 38 heavy (non-hydrogen) atoms. The molecule has 0 saturated carbocycles. The number of piperazine rings is 1. The lowest BCUT2D eigenvalue weighted by molar-refractivity contribution is -0.116. The predicted molar refractivity (Wildman–Crippen MR) is 145 cm³/mol. The van der Waals surface area contributed by atoms with E-state index in [0.717, 1.165) is 49.5 Å². The van der Waals surface area contributed by atoms with Crippen LogP contribution in [-0.4, -0.2) is 74.2 Å². The smallest absolute Gasteiger partial charge is 0.224 e. The summed E-state index contributed by atoms with van der Waals surface area (Å²) in [5.74, 6) is 0.847. The van der Waals surface area contributed by atoms with Crippen molar-refractivity contribution in [3.8, 4) is 22.6 Å². The first-order chi connectivity index (χ1) is 18.5. The summed E-state index contributed by atoms with van der Waals surface area (Å²) >= 11 is 0. The van der Waals surface area contributed by atoms with Crippen molar-refractivity contribution in [1.82, 2.24) is 35.0 Å². The van der Waals surface area contributed by atoms with Crippen molar-refractivity contribution < 1.29 is 9.18 Å². The highest BCUT2D eigenvalue weighted by Crippen LogP contribution is 2.34. The second kappa shape index (κ2) is 9.82. The number of likely N-dealkylation sites (N-methyl/N-ethyl adjacent to an activating group) is 1. The number of carbonyl (C=O) groups excluding carboxylic acids is 1. The van der Waals surface area contributed by atoms with Crippen LogP contribution in [0, 0.1) is 5.82 Å². The fourth-order valence-corrected chi connectivity index (χ4v) is 4.83. The van der Waals surface area contributed by atoms with Gasteiger partial charge in [-0.05, 0) is 43.3 Å². The standard InChI is InChI=1S/C27H28FN9O/c1-3-4-22(38)31-18-11-17(14-29-15-18)16-12-19-23(20(28)13-16)34-35-24(19)26-32-21-5-6-30-27(25(21)33-26)37-9-7-36(2)8-10-37/h5-6,11-15H,3-4,7-10H2,1-2H3,(H,31,38)(H,32,33)(H,34,35). The van der Waals surface area contributed by atoms with Crippen LogP contribution in [0.25, 0.3) is 44.6 Å². The average Bonchev–Trinajstić information content (AvgIpc) is 3.54. The van der Waals surface area contributed by atoms with Gasteiger partial charge in [-0.2, -0.15) is 5.10 Å². The van der Waals surface area contributed by atoms with Gasteiger partial charge in [-0.1, -0.05) is 6.92 Å². The van der Waals surface area contributed by atoms with E-state index in [4.69, 9.17) is 4.98 Å². The number of aromatic amines is 2. The van der Waals surface area contributed by atoms with Crippen LogP contribution in [0.5, 0.6) is 0 Å². The monoisotopic (exact) mass is 513 g/mol. The van der Waals surface area contributed by atoms with Crippen LogP contribution in [-0.2, 0) is 4.79 Å². The number of H-pyrrole nitrogens is 2. The van der Waals surface area contributed by atoms with Crippen molar-refractivity contribution in [2.75, 3.05) is 43.4 Å². The maximum Gasteiger partial charge on any atom is 0.224 e. The number of rotatable bonds is 6. The Kier molecular flexibility index (Phi) is 6.20. The highest BCUT2D eigenvalue weighted by molar-refractivity contribution is 5.97. The molecule has 10 nitrogen and oxygen atoms in total. The zero-order valence-corrected chi connectivity index (χ0v) is 21.3. The summed E-state index contributed by atoms with van der Waals surface area (Å²) in [5, 5.41) is 10.6. The van der Waals surface area contributed by atoms with Crippen molar-refractivity contribution in [3.63, 3.8) is 0 Å². The van der Waals surface area contributed by atoms with E-state index in [9.17, 15) is 4.79 Å². The number of benzene rings is 1. The first-order valence-electron chi connectivity index (χ1n) is 12.7. The molecule has 5 aromatic rings. The van der Waals surface area contributed by atoms with Gasteiger partial charge < -0.3 is 20.1 Å². The molecule has 0 unspecified atom stereocenters. The number of nitrogens with zero attached hydrogens (tertiary/aromatic N) is 6. The minimum atomic E-state index is -0.462. The molecule has 4 aromatic heterocycles. The van der Waals surface area contributed by atoms with E-state index < -0.39 is 5.82 Å². The van der Waals surface area contributed by atoms with Crippen LogP contribution in [0.4, 0.5) is 15.9 Å². The Morgan fingerprint density at radius 2 is 1.95 bits per heavy atom. The predicted octanol–water partition coefficient (Wildman–Crippen LogP) is 4.19. The lowest BCUT2D eigenvalue weighted by Gasteiger charge is -2.33. The molecule has 194 valence electrons. The summed E-state index contributed by atoms with van der Waals surface area (Å²) in [7, 11) is 2.11. The Morgan fingerprint density at radius 3 is 2.76 bits per heavy atom. The van der Waals surface area contributed by atoms with Crippen LogP contribution in [0.2, 0.25) is 0 Å². The van der Waals surface area contributed by atoms with Crippen LogP contribution in [0.1, 0.15) is 19.8 Å². The van der Waals surface area contributed by atoms with Crippen LogP contribution >= 0.6 is 0 Å². The number of pyridine rings is 2. The fraction of sp³-hybridized carbons (Fsp3) is 0.296. The van der Waals surface area contributed by atoms with Crippen LogP contribution < -0.4 is 10.2 Å². The third kappa shape index (κ3) is 4.45. The molecule has 3 N–H and O–H groups in total. The number of halogens is 1. The maximum absolute atomic E-state index is 15.2. The normalized spacial score (nSPS) is 14.4. The van der Waals surface area contributed by atoms with Gasteiger partial charge in [-0.3, -0.25) is 14.9 Å². The first kappa shape index (κ1) is 24.0. The van der Waals surface area contributed by atoms with Crippen molar-refractivity contribution >= 4 is 39.3 Å². The molecule has 0 spiro atoms.